The second kappa shape index (κ2) is 8.52. The average molecular weight is 352 g/mol. The van der Waals surface area contributed by atoms with Gasteiger partial charge in [-0.3, -0.25) is 9.59 Å². The fraction of sp³-hybridized carbons (Fsp3) is 0.333. The molecule has 26 heavy (non-hydrogen) atoms. The summed E-state index contributed by atoms with van der Waals surface area (Å²) < 4.78 is 5.67. The highest BCUT2D eigenvalue weighted by molar-refractivity contribution is 6.05. The summed E-state index contributed by atoms with van der Waals surface area (Å²) in [6.07, 6.45) is 2.47. The smallest absolute Gasteiger partial charge is 0.255 e. The molecule has 0 bridgehead atoms. The Labute approximate surface area is 154 Å². The molecular formula is C21H24N2O3. The van der Waals surface area contributed by atoms with Crippen molar-refractivity contribution < 1.29 is 14.3 Å². The number of carbonyl (C=O) groups excluding carboxylic acids is 2. The second-order valence-corrected chi connectivity index (χ2v) is 6.41. The zero-order valence-electron chi connectivity index (χ0n) is 15.0. The maximum absolute atomic E-state index is 12.5. The van der Waals surface area contributed by atoms with E-state index < -0.39 is 0 Å². The molecule has 1 fully saturated rings. The molecule has 2 aromatic carbocycles. The molecule has 0 unspecified atom stereocenters. The summed E-state index contributed by atoms with van der Waals surface area (Å²) in [4.78, 5) is 26.1. The molecule has 1 N–H and O–H groups in total. The Bertz CT molecular complexity index is 771. The molecule has 0 atom stereocenters. The third kappa shape index (κ3) is 4.42. The van der Waals surface area contributed by atoms with E-state index in [0.29, 0.717) is 36.6 Å². The highest BCUT2D eigenvalue weighted by Gasteiger charge is 2.20. The van der Waals surface area contributed by atoms with Crippen molar-refractivity contribution in [3.63, 3.8) is 0 Å². The normalized spacial score (nSPS) is 13.7. The van der Waals surface area contributed by atoms with Crippen LogP contribution in [-0.2, 0) is 11.3 Å². The fourth-order valence-corrected chi connectivity index (χ4v) is 2.96. The van der Waals surface area contributed by atoms with E-state index in [-0.39, 0.29) is 11.8 Å². The summed E-state index contributed by atoms with van der Waals surface area (Å²) in [7, 11) is 0. The van der Waals surface area contributed by atoms with Crippen LogP contribution in [0.15, 0.2) is 48.5 Å². The molecule has 1 heterocycles. The van der Waals surface area contributed by atoms with Crippen molar-refractivity contribution in [3.05, 3.63) is 59.7 Å². The molecule has 5 nitrogen and oxygen atoms in total. The van der Waals surface area contributed by atoms with Gasteiger partial charge >= 0.3 is 0 Å². The largest absolute Gasteiger partial charge is 0.491 e. The Hall–Kier alpha value is -2.82. The van der Waals surface area contributed by atoms with Gasteiger partial charge in [0, 0.05) is 25.1 Å². The predicted molar refractivity (Wildman–Crippen MR) is 101 cm³/mol. The molecule has 0 radical (unpaired) electrons. The third-order valence-corrected chi connectivity index (χ3v) is 4.36. The Morgan fingerprint density at radius 1 is 1.15 bits per heavy atom. The number of benzene rings is 2. The lowest BCUT2D eigenvalue weighted by atomic mass is 10.1. The number of anilines is 1. The van der Waals surface area contributed by atoms with Crippen LogP contribution < -0.4 is 10.1 Å². The standard InChI is InChI=1S/C21H24N2O3/c1-2-14-26-19-7-4-3-6-18(19)22-21(25)17-11-9-16(10-12-17)15-23-13-5-8-20(23)24/h3-4,6-7,9-12H,2,5,8,13-15H2,1H3,(H,22,25). The molecular weight excluding hydrogens is 328 g/mol. The molecule has 0 aromatic heterocycles. The number of ether oxygens (including phenoxy) is 1. The van der Waals surface area contributed by atoms with Crippen molar-refractivity contribution in [1.29, 1.82) is 0 Å². The van der Waals surface area contributed by atoms with E-state index in [0.717, 1.165) is 24.9 Å². The molecule has 1 aliphatic heterocycles. The summed E-state index contributed by atoms with van der Waals surface area (Å²) in [6, 6.07) is 14.8. The lowest BCUT2D eigenvalue weighted by Gasteiger charge is -2.15. The number of para-hydroxylation sites is 2. The lowest BCUT2D eigenvalue weighted by molar-refractivity contribution is -0.128. The number of amides is 2. The summed E-state index contributed by atoms with van der Waals surface area (Å²) in [5.41, 5.74) is 2.27. The topological polar surface area (TPSA) is 58.6 Å². The van der Waals surface area contributed by atoms with Crippen LogP contribution in [-0.4, -0.2) is 29.9 Å². The van der Waals surface area contributed by atoms with Crippen molar-refractivity contribution in [2.24, 2.45) is 0 Å². The van der Waals surface area contributed by atoms with Gasteiger partial charge in [-0.15, -0.1) is 0 Å². The molecule has 2 aromatic rings. The van der Waals surface area contributed by atoms with Gasteiger partial charge in [-0.05, 0) is 42.7 Å². The molecule has 0 spiro atoms. The zero-order valence-corrected chi connectivity index (χ0v) is 15.0. The molecule has 1 aliphatic rings. The van der Waals surface area contributed by atoms with Crippen LogP contribution in [0.3, 0.4) is 0 Å². The molecule has 136 valence electrons. The first kappa shape index (κ1) is 18.0. The molecule has 3 rings (SSSR count). The number of rotatable bonds is 7. The number of hydrogen-bond acceptors (Lipinski definition) is 3. The molecule has 5 heteroatoms. The SMILES string of the molecule is CCCOc1ccccc1NC(=O)c1ccc(CN2CCCC2=O)cc1. The van der Waals surface area contributed by atoms with Crippen LogP contribution in [0.2, 0.25) is 0 Å². The van der Waals surface area contributed by atoms with Gasteiger partial charge in [-0.1, -0.05) is 31.2 Å². The third-order valence-electron chi connectivity index (χ3n) is 4.36. The Balaban J connectivity index is 1.64. The van der Waals surface area contributed by atoms with Crippen molar-refractivity contribution >= 4 is 17.5 Å². The van der Waals surface area contributed by atoms with Crippen LogP contribution in [0, 0.1) is 0 Å². The predicted octanol–water partition coefficient (Wildman–Crippen LogP) is 3.85. The van der Waals surface area contributed by atoms with Gasteiger partial charge in [0.25, 0.3) is 5.91 Å². The number of nitrogens with one attached hydrogen (secondary N) is 1. The van der Waals surface area contributed by atoms with E-state index in [1.807, 2.05) is 48.2 Å². The van der Waals surface area contributed by atoms with E-state index in [1.54, 1.807) is 12.1 Å². The number of carbonyl (C=O) groups is 2. The summed E-state index contributed by atoms with van der Waals surface area (Å²) >= 11 is 0. The highest BCUT2D eigenvalue weighted by Crippen LogP contribution is 2.24. The van der Waals surface area contributed by atoms with E-state index in [1.165, 1.54) is 0 Å². The zero-order chi connectivity index (χ0) is 18.4. The molecule has 1 saturated heterocycles. The molecule has 0 aliphatic carbocycles. The second-order valence-electron chi connectivity index (χ2n) is 6.41. The summed E-state index contributed by atoms with van der Waals surface area (Å²) in [5.74, 6) is 0.698. The van der Waals surface area contributed by atoms with Gasteiger partial charge in [0.1, 0.15) is 5.75 Å². The van der Waals surface area contributed by atoms with Crippen molar-refractivity contribution in [1.82, 2.24) is 4.90 Å². The van der Waals surface area contributed by atoms with E-state index in [4.69, 9.17) is 4.74 Å². The van der Waals surface area contributed by atoms with Gasteiger partial charge in [0.05, 0.1) is 12.3 Å². The molecule has 0 saturated carbocycles. The minimum absolute atomic E-state index is 0.179. The maximum atomic E-state index is 12.5. The first-order chi connectivity index (χ1) is 12.7. The summed E-state index contributed by atoms with van der Waals surface area (Å²) in [5, 5.41) is 2.91. The van der Waals surface area contributed by atoms with Crippen molar-refractivity contribution in [3.8, 4) is 5.75 Å². The summed E-state index contributed by atoms with van der Waals surface area (Å²) in [6.45, 7) is 4.07. The number of hydrogen-bond donors (Lipinski definition) is 1. The van der Waals surface area contributed by atoms with Crippen LogP contribution >= 0.6 is 0 Å². The highest BCUT2D eigenvalue weighted by atomic mass is 16.5. The Morgan fingerprint density at radius 2 is 1.92 bits per heavy atom. The van der Waals surface area contributed by atoms with Gasteiger partial charge in [0.15, 0.2) is 0 Å². The quantitative estimate of drug-likeness (QED) is 0.823. The van der Waals surface area contributed by atoms with E-state index >= 15 is 0 Å². The maximum Gasteiger partial charge on any atom is 0.255 e. The fourth-order valence-electron chi connectivity index (χ4n) is 2.96. The van der Waals surface area contributed by atoms with Crippen LogP contribution in [0.5, 0.6) is 5.75 Å². The number of likely N-dealkylation sites (tertiary alicyclic amines) is 1. The van der Waals surface area contributed by atoms with Crippen LogP contribution in [0.4, 0.5) is 5.69 Å². The first-order valence-corrected chi connectivity index (χ1v) is 9.07. The minimum Gasteiger partial charge on any atom is -0.491 e. The monoisotopic (exact) mass is 352 g/mol. The Morgan fingerprint density at radius 3 is 2.62 bits per heavy atom. The van der Waals surface area contributed by atoms with Gasteiger partial charge in [0.2, 0.25) is 5.91 Å². The van der Waals surface area contributed by atoms with E-state index in [9.17, 15) is 9.59 Å². The van der Waals surface area contributed by atoms with Gasteiger partial charge in [-0.2, -0.15) is 0 Å². The first-order valence-electron chi connectivity index (χ1n) is 9.07. The minimum atomic E-state index is -0.179. The van der Waals surface area contributed by atoms with E-state index in [2.05, 4.69) is 5.32 Å². The Kier molecular flexibility index (Phi) is 5.89. The lowest BCUT2D eigenvalue weighted by Crippen LogP contribution is -2.23. The average Bonchev–Trinajstić information content (AvgIpc) is 3.06. The van der Waals surface area contributed by atoms with Crippen molar-refractivity contribution in [2.45, 2.75) is 32.7 Å². The van der Waals surface area contributed by atoms with Crippen LogP contribution in [0.1, 0.15) is 42.1 Å². The number of nitrogens with zero attached hydrogens (tertiary/aromatic N) is 1. The van der Waals surface area contributed by atoms with Crippen molar-refractivity contribution in [2.75, 3.05) is 18.5 Å². The van der Waals surface area contributed by atoms with Gasteiger partial charge in [-0.25, -0.2) is 0 Å². The molecule has 2 amide bonds. The van der Waals surface area contributed by atoms with Crippen LogP contribution in [0.25, 0.3) is 0 Å². The van der Waals surface area contributed by atoms with Gasteiger partial charge < -0.3 is 15.0 Å².